The third-order valence-corrected chi connectivity index (χ3v) is 7.00. The number of ether oxygens (including phenoxy) is 3. The maximum absolute atomic E-state index is 13.4. The summed E-state index contributed by atoms with van der Waals surface area (Å²) in [6, 6.07) is 10.8. The van der Waals surface area contributed by atoms with Crippen molar-refractivity contribution in [3.63, 3.8) is 0 Å². The molecular formula is C31H40N2O5. The van der Waals surface area contributed by atoms with Gasteiger partial charge in [0.25, 0.3) is 0 Å². The predicted octanol–water partition coefficient (Wildman–Crippen LogP) is 5.28. The number of unbranched alkanes of at least 4 members (excludes halogenated alkanes) is 2. The van der Waals surface area contributed by atoms with E-state index in [9.17, 15) is 9.59 Å². The number of carbonyl (C=O) groups excluding carboxylic acids is 2. The number of nitrogens with zero attached hydrogens (tertiary/aromatic N) is 2. The van der Waals surface area contributed by atoms with Crippen molar-refractivity contribution in [3.8, 4) is 28.4 Å². The van der Waals surface area contributed by atoms with Gasteiger partial charge in [-0.2, -0.15) is 0 Å². The number of hydrogen-bond donors (Lipinski definition) is 0. The second-order valence-corrected chi connectivity index (χ2v) is 9.45. The average molecular weight is 521 g/mol. The molecule has 2 atom stereocenters. The van der Waals surface area contributed by atoms with Crippen LogP contribution in [0.3, 0.4) is 0 Å². The van der Waals surface area contributed by atoms with Crippen LogP contribution in [0.4, 0.5) is 0 Å². The summed E-state index contributed by atoms with van der Waals surface area (Å²) in [6.07, 6.45) is 11.9. The van der Waals surface area contributed by atoms with Gasteiger partial charge in [-0.25, -0.2) is 0 Å². The lowest BCUT2D eigenvalue weighted by atomic mass is 9.96. The van der Waals surface area contributed by atoms with Gasteiger partial charge in [0.1, 0.15) is 12.1 Å². The van der Waals surface area contributed by atoms with E-state index in [4.69, 9.17) is 14.2 Å². The summed E-state index contributed by atoms with van der Waals surface area (Å²) in [4.78, 5) is 29.7. The van der Waals surface area contributed by atoms with Crippen LogP contribution in [0.1, 0.15) is 38.7 Å². The third-order valence-electron chi connectivity index (χ3n) is 7.00. The van der Waals surface area contributed by atoms with Crippen LogP contribution < -0.4 is 14.2 Å². The Morgan fingerprint density at radius 1 is 0.868 bits per heavy atom. The molecule has 0 aromatic heterocycles. The number of piperazine rings is 1. The highest BCUT2D eigenvalue weighted by molar-refractivity contribution is 5.97. The summed E-state index contributed by atoms with van der Waals surface area (Å²) in [6.45, 7) is 4.37. The van der Waals surface area contributed by atoms with E-state index in [1.165, 1.54) is 6.42 Å². The summed E-state index contributed by atoms with van der Waals surface area (Å²) in [5.74, 6) is 1.63. The zero-order chi connectivity index (χ0) is 27.7. The van der Waals surface area contributed by atoms with Crippen molar-refractivity contribution in [1.29, 1.82) is 0 Å². The Morgan fingerprint density at radius 2 is 1.50 bits per heavy atom. The van der Waals surface area contributed by atoms with E-state index in [0.717, 1.165) is 29.5 Å². The van der Waals surface area contributed by atoms with Crippen LogP contribution in [0.25, 0.3) is 11.1 Å². The number of rotatable bonds is 12. The number of allylic oxidation sites excluding steroid dienone is 3. The van der Waals surface area contributed by atoms with Gasteiger partial charge in [-0.15, -0.1) is 0 Å². The Hall–Kier alpha value is -3.74. The van der Waals surface area contributed by atoms with Crippen LogP contribution in [0.5, 0.6) is 17.2 Å². The summed E-state index contributed by atoms with van der Waals surface area (Å²) >= 11 is 0. The van der Waals surface area contributed by atoms with Gasteiger partial charge >= 0.3 is 0 Å². The summed E-state index contributed by atoms with van der Waals surface area (Å²) in [7, 11) is 6.48. The van der Waals surface area contributed by atoms with E-state index in [1.54, 1.807) is 45.1 Å². The van der Waals surface area contributed by atoms with E-state index in [2.05, 4.69) is 13.0 Å². The molecule has 0 radical (unpaired) electrons. The molecule has 1 aliphatic heterocycles. The Kier molecular flexibility index (Phi) is 10.4. The lowest BCUT2D eigenvalue weighted by molar-refractivity contribution is -0.158. The molecule has 1 aliphatic rings. The average Bonchev–Trinajstić information content (AvgIpc) is 2.94. The van der Waals surface area contributed by atoms with E-state index in [1.807, 2.05) is 54.6 Å². The molecule has 0 aliphatic carbocycles. The lowest BCUT2D eigenvalue weighted by Crippen LogP contribution is -2.63. The molecule has 2 unspecified atom stereocenters. The van der Waals surface area contributed by atoms with Crippen molar-refractivity contribution in [1.82, 2.24) is 9.80 Å². The number of carbonyl (C=O) groups is 2. The number of amides is 2. The van der Waals surface area contributed by atoms with Gasteiger partial charge in [-0.1, -0.05) is 68.3 Å². The first-order valence-corrected chi connectivity index (χ1v) is 13.1. The molecule has 2 aromatic carbocycles. The highest BCUT2D eigenvalue weighted by Crippen LogP contribution is 2.41. The fraction of sp³-hybridized carbons (Fsp3) is 0.419. The molecule has 0 spiro atoms. The van der Waals surface area contributed by atoms with Crippen molar-refractivity contribution < 1.29 is 23.8 Å². The second kappa shape index (κ2) is 13.7. The molecule has 38 heavy (non-hydrogen) atoms. The number of benzene rings is 2. The van der Waals surface area contributed by atoms with Gasteiger partial charge in [0.2, 0.25) is 17.6 Å². The molecule has 2 amide bonds. The van der Waals surface area contributed by atoms with Crippen LogP contribution in [-0.2, 0) is 16.0 Å². The molecule has 0 saturated carbocycles. The minimum atomic E-state index is -0.542. The molecule has 1 saturated heterocycles. The third kappa shape index (κ3) is 6.57. The lowest BCUT2D eigenvalue weighted by Gasteiger charge is -2.42. The zero-order valence-electron chi connectivity index (χ0n) is 23.4. The van der Waals surface area contributed by atoms with Crippen molar-refractivity contribution in [3.05, 3.63) is 66.3 Å². The van der Waals surface area contributed by atoms with Gasteiger partial charge in [0.05, 0.1) is 21.3 Å². The molecule has 204 valence electrons. The minimum Gasteiger partial charge on any atom is -0.493 e. The maximum atomic E-state index is 13.4. The fourth-order valence-electron chi connectivity index (χ4n) is 4.66. The second-order valence-electron chi connectivity index (χ2n) is 9.45. The highest BCUT2D eigenvalue weighted by Gasteiger charge is 2.41. The van der Waals surface area contributed by atoms with E-state index in [0.29, 0.717) is 30.2 Å². The number of likely N-dealkylation sites (N-methyl/N-ethyl adjacent to an activating group) is 1. The van der Waals surface area contributed by atoms with Crippen LogP contribution in [0, 0.1) is 0 Å². The SMILES string of the molecule is CCCC/C=C/C=C/CN1C(=O)C(Cc2ccc(-c3cc(OC)c(OC)c(OC)c3)cc2)N(C)C(=O)C1C. The Morgan fingerprint density at radius 3 is 2.08 bits per heavy atom. The van der Waals surface area contributed by atoms with Crippen molar-refractivity contribution in [2.45, 2.75) is 51.6 Å². The van der Waals surface area contributed by atoms with Crippen LogP contribution in [-0.4, -0.2) is 68.6 Å². The van der Waals surface area contributed by atoms with Gasteiger partial charge < -0.3 is 24.0 Å². The fourth-order valence-corrected chi connectivity index (χ4v) is 4.66. The molecule has 1 heterocycles. The summed E-state index contributed by atoms with van der Waals surface area (Å²) < 4.78 is 16.4. The standard InChI is InChI=1S/C31H40N2O5/c1-7-8-9-10-11-12-13-18-33-22(2)30(34)32(3)26(31(33)35)19-23-14-16-24(17-15-23)25-20-27(36-4)29(38-6)28(21-25)37-5/h10-17,20-22,26H,7-9,18-19H2,1-6H3/b11-10+,13-12+. The zero-order valence-corrected chi connectivity index (χ0v) is 23.4. The normalized spacial score (nSPS) is 18.1. The van der Waals surface area contributed by atoms with Gasteiger partial charge in [0.15, 0.2) is 11.5 Å². The Balaban J connectivity index is 1.75. The van der Waals surface area contributed by atoms with E-state index < -0.39 is 12.1 Å². The predicted molar refractivity (Wildman–Crippen MR) is 151 cm³/mol. The molecule has 2 aromatic rings. The summed E-state index contributed by atoms with van der Waals surface area (Å²) in [5, 5.41) is 0. The first-order valence-electron chi connectivity index (χ1n) is 13.1. The molecule has 0 N–H and O–H groups in total. The Labute approximate surface area is 226 Å². The molecule has 1 fully saturated rings. The quantitative estimate of drug-likeness (QED) is 0.281. The van der Waals surface area contributed by atoms with Crippen LogP contribution in [0.2, 0.25) is 0 Å². The minimum absolute atomic E-state index is 0.0343. The molecule has 7 nitrogen and oxygen atoms in total. The Bertz CT molecular complexity index is 1130. The largest absolute Gasteiger partial charge is 0.493 e. The van der Waals surface area contributed by atoms with E-state index in [-0.39, 0.29) is 11.8 Å². The number of methoxy groups -OCH3 is 3. The number of hydrogen-bond acceptors (Lipinski definition) is 5. The van der Waals surface area contributed by atoms with E-state index >= 15 is 0 Å². The van der Waals surface area contributed by atoms with Crippen molar-refractivity contribution in [2.75, 3.05) is 34.9 Å². The highest BCUT2D eigenvalue weighted by atomic mass is 16.5. The molecule has 0 bridgehead atoms. The van der Waals surface area contributed by atoms with Crippen LogP contribution >= 0.6 is 0 Å². The van der Waals surface area contributed by atoms with Gasteiger partial charge in [0, 0.05) is 20.0 Å². The first-order chi connectivity index (χ1) is 18.4. The van der Waals surface area contributed by atoms with Gasteiger partial charge in [-0.3, -0.25) is 9.59 Å². The molecule has 3 rings (SSSR count). The van der Waals surface area contributed by atoms with Crippen LogP contribution in [0.15, 0.2) is 60.7 Å². The monoisotopic (exact) mass is 520 g/mol. The molecule has 7 heteroatoms. The maximum Gasteiger partial charge on any atom is 0.246 e. The van der Waals surface area contributed by atoms with Crippen molar-refractivity contribution in [2.24, 2.45) is 0 Å². The smallest absolute Gasteiger partial charge is 0.246 e. The van der Waals surface area contributed by atoms with Gasteiger partial charge in [-0.05, 0) is 42.2 Å². The molecular weight excluding hydrogens is 480 g/mol. The summed E-state index contributed by atoms with van der Waals surface area (Å²) in [5.41, 5.74) is 2.87. The first kappa shape index (κ1) is 28.8. The topological polar surface area (TPSA) is 68.3 Å². The van der Waals surface area contributed by atoms with Crippen molar-refractivity contribution >= 4 is 11.8 Å².